The van der Waals surface area contributed by atoms with Crippen molar-refractivity contribution >= 4 is 49.7 Å². The smallest absolute Gasteiger partial charge is 0.189 e. The third-order valence-corrected chi connectivity index (χ3v) is 3.99. The molecular formula is C14H12N4S2. The zero-order valence-corrected chi connectivity index (χ0v) is 12.4. The van der Waals surface area contributed by atoms with Crippen LogP contribution < -0.4 is 11.1 Å². The first kappa shape index (κ1) is 13.0. The molecule has 0 radical (unpaired) electrons. The van der Waals surface area contributed by atoms with E-state index < -0.39 is 0 Å². The molecule has 0 fully saturated rings. The quantitative estimate of drug-likeness (QED) is 0.726. The van der Waals surface area contributed by atoms with Crippen LogP contribution in [0.5, 0.6) is 0 Å². The molecule has 0 aliphatic rings. The van der Waals surface area contributed by atoms with Gasteiger partial charge in [-0.2, -0.15) is 0 Å². The summed E-state index contributed by atoms with van der Waals surface area (Å²) in [5.74, 6) is 0.686. The van der Waals surface area contributed by atoms with E-state index in [1.165, 1.54) is 5.56 Å². The highest BCUT2D eigenvalue weighted by atomic mass is 32.1. The molecular weight excluding hydrogens is 288 g/mol. The number of thiocarbonyl (C=S) groups is 1. The lowest BCUT2D eigenvalue weighted by molar-refractivity contribution is 1.29. The molecule has 3 rings (SSSR count). The lowest BCUT2D eigenvalue weighted by Crippen LogP contribution is -2.09. The SMILES string of the molecule is Cc1ccc2nc(Nc3cc(C(N)=S)ccn3)sc2c1. The van der Waals surface area contributed by atoms with Crippen LogP contribution in [-0.2, 0) is 0 Å². The Hall–Kier alpha value is -2.05. The average Bonchev–Trinajstić information content (AvgIpc) is 2.80. The van der Waals surface area contributed by atoms with E-state index in [9.17, 15) is 0 Å². The molecule has 2 aromatic heterocycles. The fourth-order valence-electron chi connectivity index (χ4n) is 1.85. The maximum Gasteiger partial charge on any atom is 0.189 e. The van der Waals surface area contributed by atoms with Gasteiger partial charge in [0.15, 0.2) is 5.13 Å². The zero-order valence-electron chi connectivity index (χ0n) is 10.8. The minimum atomic E-state index is 0.357. The van der Waals surface area contributed by atoms with Crippen LogP contribution in [0.2, 0.25) is 0 Å². The van der Waals surface area contributed by atoms with Gasteiger partial charge in [-0.1, -0.05) is 29.6 Å². The van der Waals surface area contributed by atoms with Gasteiger partial charge in [-0.3, -0.25) is 0 Å². The molecule has 4 nitrogen and oxygen atoms in total. The predicted molar refractivity (Wildman–Crippen MR) is 87.8 cm³/mol. The number of nitrogens with zero attached hydrogens (tertiary/aromatic N) is 2. The molecule has 0 aliphatic heterocycles. The van der Waals surface area contributed by atoms with E-state index in [4.69, 9.17) is 18.0 Å². The Labute approximate surface area is 125 Å². The average molecular weight is 300 g/mol. The fraction of sp³-hybridized carbons (Fsp3) is 0.0714. The van der Waals surface area contributed by atoms with Crippen LogP contribution in [-0.4, -0.2) is 15.0 Å². The van der Waals surface area contributed by atoms with Crippen molar-refractivity contribution in [1.82, 2.24) is 9.97 Å². The van der Waals surface area contributed by atoms with Gasteiger partial charge in [0, 0.05) is 11.8 Å². The number of anilines is 2. The number of aromatic nitrogens is 2. The molecule has 2 heterocycles. The topological polar surface area (TPSA) is 63.8 Å². The molecule has 20 heavy (non-hydrogen) atoms. The van der Waals surface area contributed by atoms with Crippen molar-refractivity contribution in [2.24, 2.45) is 5.73 Å². The summed E-state index contributed by atoms with van der Waals surface area (Å²) >= 11 is 6.56. The van der Waals surface area contributed by atoms with E-state index in [1.807, 2.05) is 12.1 Å². The summed E-state index contributed by atoms with van der Waals surface area (Å²) < 4.78 is 1.15. The molecule has 1 aromatic carbocycles. The van der Waals surface area contributed by atoms with Gasteiger partial charge in [-0.25, -0.2) is 9.97 Å². The van der Waals surface area contributed by atoms with Crippen LogP contribution in [0.1, 0.15) is 11.1 Å². The number of hydrogen-bond acceptors (Lipinski definition) is 5. The van der Waals surface area contributed by atoms with E-state index >= 15 is 0 Å². The maximum atomic E-state index is 5.62. The van der Waals surface area contributed by atoms with Crippen molar-refractivity contribution in [3.63, 3.8) is 0 Å². The molecule has 0 saturated heterocycles. The number of nitrogens with one attached hydrogen (secondary N) is 1. The van der Waals surface area contributed by atoms with Crippen LogP contribution in [0.4, 0.5) is 10.9 Å². The summed E-state index contributed by atoms with van der Waals surface area (Å²) in [6, 6.07) is 9.80. The Balaban J connectivity index is 1.92. The predicted octanol–water partition coefficient (Wildman–Crippen LogP) is 3.38. The highest BCUT2D eigenvalue weighted by Gasteiger charge is 2.06. The molecule has 0 unspecified atom stereocenters. The van der Waals surface area contributed by atoms with Crippen LogP contribution in [0.3, 0.4) is 0 Å². The monoisotopic (exact) mass is 300 g/mol. The second kappa shape index (κ2) is 5.15. The molecule has 3 N–H and O–H groups in total. The van der Waals surface area contributed by atoms with Gasteiger partial charge in [-0.15, -0.1) is 0 Å². The van der Waals surface area contributed by atoms with Crippen molar-refractivity contribution in [2.75, 3.05) is 5.32 Å². The van der Waals surface area contributed by atoms with Crippen LogP contribution >= 0.6 is 23.6 Å². The lowest BCUT2D eigenvalue weighted by Gasteiger charge is -2.03. The molecule has 0 amide bonds. The largest absolute Gasteiger partial charge is 0.389 e. The van der Waals surface area contributed by atoms with E-state index in [1.54, 1.807) is 23.6 Å². The Morgan fingerprint density at radius 2 is 2.15 bits per heavy atom. The summed E-state index contributed by atoms with van der Waals surface area (Å²) in [6.45, 7) is 2.07. The van der Waals surface area contributed by atoms with E-state index in [-0.39, 0.29) is 0 Å². The molecule has 3 aromatic rings. The number of hydrogen-bond donors (Lipinski definition) is 2. The molecule has 0 bridgehead atoms. The third-order valence-electron chi connectivity index (χ3n) is 2.82. The molecule has 0 aliphatic carbocycles. The minimum absolute atomic E-state index is 0.357. The molecule has 100 valence electrons. The Morgan fingerprint density at radius 3 is 2.95 bits per heavy atom. The van der Waals surface area contributed by atoms with E-state index in [0.717, 1.165) is 20.9 Å². The Morgan fingerprint density at radius 1 is 1.30 bits per heavy atom. The second-order valence-electron chi connectivity index (χ2n) is 4.41. The van der Waals surface area contributed by atoms with Crippen molar-refractivity contribution in [3.05, 3.63) is 47.7 Å². The Kier molecular flexibility index (Phi) is 3.33. The fourth-order valence-corrected chi connectivity index (χ4v) is 2.94. The van der Waals surface area contributed by atoms with Gasteiger partial charge >= 0.3 is 0 Å². The molecule has 6 heteroatoms. The zero-order chi connectivity index (χ0) is 14.1. The standard InChI is InChI=1S/C14H12N4S2/c1-8-2-3-10-11(6-8)20-14(17-10)18-12-7-9(13(15)19)4-5-16-12/h2-7H,1H3,(H2,15,19)(H,16,17,18). The van der Waals surface area contributed by atoms with Crippen molar-refractivity contribution in [2.45, 2.75) is 6.92 Å². The number of nitrogens with two attached hydrogens (primary N) is 1. The Bertz CT molecular complexity index is 795. The number of rotatable bonds is 3. The van der Waals surface area contributed by atoms with Gasteiger partial charge in [0.2, 0.25) is 0 Å². The van der Waals surface area contributed by atoms with Gasteiger partial charge in [0.05, 0.1) is 10.2 Å². The van der Waals surface area contributed by atoms with Gasteiger partial charge in [-0.05, 0) is 36.8 Å². The number of thiazole rings is 1. The first-order valence-corrected chi connectivity index (χ1v) is 7.24. The molecule has 0 spiro atoms. The second-order valence-corrected chi connectivity index (χ2v) is 5.88. The molecule has 0 atom stereocenters. The van der Waals surface area contributed by atoms with Gasteiger partial charge in [0.25, 0.3) is 0 Å². The van der Waals surface area contributed by atoms with Crippen molar-refractivity contribution < 1.29 is 0 Å². The first-order chi connectivity index (χ1) is 9.61. The maximum absolute atomic E-state index is 5.62. The van der Waals surface area contributed by atoms with Crippen LogP contribution in [0, 0.1) is 6.92 Å². The van der Waals surface area contributed by atoms with E-state index in [0.29, 0.717) is 10.8 Å². The summed E-state index contributed by atoms with van der Waals surface area (Å²) in [4.78, 5) is 9.13. The number of fused-ring (bicyclic) bond motifs is 1. The van der Waals surface area contributed by atoms with Crippen molar-refractivity contribution in [1.29, 1.82) is 0 Å². The van der Waals surface area contributed by atoms with Gasteiger partial charge in [0.1, 0.15) is 10.8 Å². The minimum Gasteiger partial charge on any atom is -0.389 e. The highest BCUT2D eigenvalue weighted by molar-refractivity contribution is 7.80. The lowest BCUT2D eigenvalue weighted by atomic mass is 10.2. The number of pyridine rings is 1. The summed E-state index contributed by atoms with van der Waals surface area (Å²) in [6.07, 6.45) is 1.67. The van der Waals surface area contributed by atoms with Crippen molar-refractivity contribution in [3.8, 4) is 0 Å². The summed E-state index contributed by atoms with van der Waals surface area (Å²) in [7, 11) is 0. The summed E-state index contributed by atoms with van der Waals surface area (Å²) in [5.41, 5.74) is 8.61. The normalized spacial score (nSPS) is 10.7. The number of aryl methyl sites for hydroxylation is 1. The summed E-state index contributed by atoms with van der Waals surface area (Å²) in [5, 5.41) is 3.99. The highest BCUT2D eigenvalue weighted by Crippen LogP contribution is 2.28. The van der Waals surface area contributed by atoms with Gasteiger partial charge < -0.3 is 11.1 Å². The molecule has 0 saturated carbocycles. The first-order valence-electron chi connectivity index (χ1n) is 6.02. The van der Waals surface area contributed by atoms with Crippen LogP contribution in [0.25, 0.3) is 10.2 Å². The third kappa shape index (κ3) is 2.61. The van der Waals surface area contributed by atoms with Crippen LogP contribution in [0.15, 0.2) is 36.5 Å². The van der Waals surface area contributed by atoms with E-state index in [2.05, 4.69) is 34.3 Å². The number of benzene rings is 1.